The predicted octanol–water partition coefficient (Wildman–Crippen LogP) is 2.41. The normalized spacial score (nSPS) is 33.5. The third-order valence-corrected chi connectivity index (χ3v) is 4.47. The van der Waals surface area contributed by atoms with Crippen LogP contribution < -0.4 is 0 Å². The van der Waals surface area contributed by atoms with E-state index in [2.05, 4.69) is 0 Å². The van der Waals surface area contributed by atoms with E-state index in [1.54, 1.807) is 4.90 Å². The van der Waals surface area contributed by atoms with E-state index in [0.717, 1.165) is 0 Å². The molecule has 126 valence electrons. The summed E-state index contributed by atoms with van der Waals surface area (Å²) < 4.78 is 16.1. The zero-order chi connectivity index (χ0) is 16.9. The first-order valence-corrected chi connectivity index (χ1v) is 7.73. The van der Waals surface area contributed by atoms with Crippen molar-refractivity contribution in [3.8, 4) is 0 Å². The average Bonchev–Trinajstić information content (AvgIpc) is 2.90. The molecule has 1 saturated carbocycles. The number of carbonyl (C=O) groups excluding carboxylic acids is 2. The Balaban J connectivity index is 2.18. The van der Waals surface area contributed by atoms with Crippen LogP contribution in [-0.2, 0) is 19.0 Å². The van der Waals surface area contributed by atoms with Crippen molar-refractivity contribution in [1.82, 2.24) is 4.90 Å². The maximum atomic E-state index is 12.6. The summed E-state index contributed by atoms with van der Waals surface area (Å²) in [6.45, 7) is 11.6. The molecule has 6 nitrogen and oxygen atoms in total. The van der Waals surface area contributed by atoms with Gasteiger partial charge in [0.1, 0.15) is 11.3 Å². The third kappa shape index (κ3) is 3.07. The van der Waals surface area contributed by atoms with Crippen LogP contribution in [0.2, 0.25) is 0 Å². The maximum Gasteiger partial charge on any atom is 0.412 e. The Morgan fingerprint density at radius 2 is 1.86 bits per heavy atom. The molecule has 0 bridgehead atoms. The van der Waals surface area contributed by atoms with Gasteiger partial charge in [-0.2, -0.15) is 0 Å². The highest BCUT2D eigenvalue weighted by atomic mass is 16.6. The average molecular weight is 313 g/mol. The Bertz CT molecular complexity index is 468. The minimum atomic E-state index is -0.740. The summed E-state index contributed by atoms with van der Waals surface area (Å²) in [6.07, 6.45) is -0.400. The molecule has 1 amide bonds. The standard InChI is InChI=1S/C16H27NO5/c1-9-11(12(9)13(18)20-7)10-8-21-16(5,6)17(10)14(19)22-15(2,3)4/h9-12H,8H2,1-7H3/t9-,10-,11-,12+/m1/s1. The summed E-state index contributed by atoms with van der Waals surface area (Å²) in [5.41, 5.74) is -1.31. The van der Waals surface area contributed by atoms with Gasteiger partial charge in [0.25, 0.3) is 0 Å². The van der Waals surface area contributed by atoms with Gasteiger partial charge >= 0.3 is 12.1 Å². The van der Waals surface area contributed by atoms with Gasteiger partial charge in [0.2, 0.25) is 0 Å². The molecule has 0 spiro atoms. The number of hydrogen-bond donors (Lipinski definition) is 0. The number of esters is 1. The molecule has 1 aliphatic heterocycles. The zero-order valence-corrected chi connectivity index (χ0v) is 14.5. The largest absolute Gasteiger partial charge is 0.469 e. The lowest BCUT2D eigenvalue weighted by Crippen LogP contribution is -2.50. The van der Waals surface area contributed by atoms with Crippen LogP contribution in [0.5, 0.6) is 0 Å². The van der Waals surface area contributed by atoms with E-state index in [9.17, 15) is 9.59 Å². The van der Waals surface area contributed by atoms with Crippen LogP contribution in [0.1, 0.15) is 41.5 Å². The van der Waals surface area contributed by atoms with Crippen molar-refractivity contribution in [2.45, 2.75) is 58.9 Å². The molecular formula is C16H27NO5. The lowest BCUT2D eigenvalue weighted by molar-refractivity contribution is -0.143. The molecule has 0 unspecified atom stereocenters. The minimum Gasteiger partial charge on any atom is -0.469 e. The molecule has 0 N–H and O–H groups in total. The lowest BCUT2D eigenvalue weighted by Gasteiger charge is -2.35. The van der Waals surface area contributed by atoms with Crippen LogP contribution in [0.15, 0.2) is 0 Å². The SMILES string of the molecule is COC(=O)[C@H]1[C@H](C)[C@@H]1[C@H]1COC(C)(C)N1C(=O)OC(C)(C)C. The Labute approximate surface area is 132 Å². The summed E-state index contributed by atoms with van der Waals surface area (Å²) in [6, 6.07) is -0.163. The first kappa shape index (κ1) is 17.1. The first-order valence-electron chi connectivity index (χ1n) is 7.73. The van der Waals surface area contributed by atoms with Crippen LogP contribution in [-0.4, -0.2) is 48.0 Å². The third-order valence-electron chi connectivity index (χ3n) is 4.47. The molecule has 22 heavy (non-hydrogen) atoms. The van der Waals surface area contributed by atoms with Gasteiger partial charge in [-0.25, -0.2) is 4.79 Å². The second-order valence-electron chi connectivity index (χ2n) is 7.66. The molecule has 1 aliphatic carbocycles. The van der Waals surface area contributed by atoms with Crippen LogP contribution in [0.25, 0.3) is 0 Å². The second-order valence-corrected chi connectivity index (χ2v) is 7.66. The molecule has 1 heterocycles. The Kier molecular flexibility index (Phi) is 4.19. The summed E-state index contributed by atoms with van der Waals surface area (Å²) in [7, 11) is 1.39. The fourth-order valence-electron chi connectivity index (χ4n) is 3.37. The predicted molar refractivity (Wildman–Crippen MR) is 80.1 cm³/mol. The molecular weight excluding hydrogens is 286 g/mol. The smallest absolute Gasteiger partial charge is 0.412 e. The molecule has 0 aromatic heterocycles. The number of hydrogen-bond acceptors (Lipinski definition) is 5. The fraction of sp³-hybridized carbons (Fsp3) is 0.875. The monoisotopic (exact) mass is 313 g/mol. The maximum absolute atomic E-state index is 12.6. The van der Waals surface area contributed by atoms with Crippen molar-refractivity contribution in [2.24, 2.45) is 17.8 Å². The van der Waals surface area contributed by atoms with Gasteiger partial charge in [-0.15, -0.1) is 0 Å². The minimum absolute atomic E-state index is 0.0572. The molecule has 0 aromatic rings. The number of amides is 1. The lowest BCUT2D eigenvalue weighted by atomic mass is 10.1. The van der Waals surface area contributed by atoms with E-state index >= 15 is 0 Å². The van der Waals surface area contributed by atoms with Gasteiger partial charge in [0.05, 0.1) is 25.7 Å². The molecule has 1 saturated heterocycles. The Morgan fingerprint density at radius 3 is 2.36 bits per heavy atom. The van der Waals surface area contributed by atoms with Gasteiger partial charge in [0, 0.05) is 0 Å². The van der Waals surface area contributed by atoms with E-state index in [-0.39, 0.29) is 29.8 Å². The van der Waals surface area contributed by atoms with Crippen molar-refractivity contribution >= 4 is 12.1 Å². The molecule has 4 atom stereocenters. The molecule has 2 rings (SSSR count). The molecule has 6 heteroatoms. The zero-order valence-electron chi connectivity index (χ0n) is 14.5. The van der Waals surface area contributed by atoms with Gasteiger partial charge in [-0.3, -0.25) is 9.69 Å². The summed E-state index contributed by atoms with van der Waals surface area (Å²) in [5, 5.41) is 0. The summed E-state index contributed by atoms with van der Waals surface area (Å²) in [4.78, 5) is 26.0. The van der Waals surface area contributed by atoms with Crippen LogP contribution in [0, 0.1) is 17.8 Å². The van der Waals surface area contributed by atoms with E-state index in [0.29, 0.717) is 6.61 Å². The number of carbonyl (C=O) groups is 2. The highest BCUT2D eigenvalue weighted by Crippen LogP contribution is 2.53. The van der Waals surface area contributed by atoms with Crippen LogP contribution >= 0.6 is 0 Å². The summed E-state index contributed by atoms with van der Waals surface area (Å²) >= 11 is 0. The van der Waals surface area contributed by atoms with Crippen LogP contribution in [0.3, 0.4) is 0 Å². The number of nitrogens with zero attached hydrogens (tertiary/aromatic N) is 1. The second kappa shape index (κ2) is 5.41. The molecule has 2 fully saturated rings. The number of ether oxygens (including phenoxy) is 3. The first-order chi connectivity index (χ1) is 9.99. The molecule has 2 aliphatic rings. The topological polar surface area (TPSA) is 65.1 Å². The fourth-order valence-corrected chi connectivity index (χ4v) is 3.37. The molecule has 0 aromatic carbocycles. The summed E-state index contributed by atoms with van der Waals surface area (Å²) in [5.74, 6) is -0.148. The van der Waals surface area contributed by atoms with E-state index in [1.807, 2.05) is 41.5 Å². The van der Waals surface area contributed by atoms with Crippen molar-refractivity contribution < 1.29 is 23.8 Å². The number of rotatable bonds is 2. The highest BCUT2D eigenvalue weighted by molar-refractivity contribution is 5.77. The number of methoxy groups -OCH3 is 1. The van der Waals surface area contributed by atoms with Crippen molar-refractivity contribution in [2.75, 3.05) is 13.7 Å². The van der Waals surface area contributed by atoms with Gasteiger partial charge in [-0.1, -0.05) is 6.92 Å². The van der Waals surface area contributed by atoms with Gasteiger partial charge < -0.3 is 14.2 Å². The van der Waals surface area contributed by atoms with Crippen molar-refractivity contribution in [3.63, 3.8) is 0 Å². The Hall–Kier alpha value is -1.30. The highest BCUT2D eigenvalue weighted by Gasteiger charge is 2.62. The van der Waals surface area contributed by atoms with Gasteiger partial charge in [0.15, 0.2) is 0 Å². The van der Waals surface area contributed by atoms with E-state index < -0.39 is 17.4 Å². The van der Waals surface area contributed by atoms with Gasteiger partial charge in [-0.05, 0) is 46.5 Å². The quantitative estimate of drug-likeness (QED) is 0.733. The van der Waals surface area contributed by atoms with Crippen LogP contribution in [0.4, 0.5) is 4.79 Å². The van der Waals surface area contributed by atoms with E-state index in [1.165, 1.54) is 7.11 Å². The van der Waals surface area contributed by atoms with Crippen molar-refractivity contribution in [3.05, 3.63) is 0 Å². The van der Waals surface area contributed by atoms with Crippen molar-refractivity contribution in [1.29, 1.82) is 0 Å². The van der Waals surface area contributed by atoms with E-state index in [4.69, 9.17) is 14.2 Å². The molecule has 0 radical (unpaired) electrons. The Morgan fingerprint density at radius 1 is 1.27 bits per heavy atom.